The van der Waals surface area contributed by atoms with Crippen LogP contribution >= 0.6 is 0 Å². The summed E-state index contributed by atoms with van der Waals surface area (Å²) in [6.07, 6.45) is 1.15. The van der Waals surface area contributed by atoms with Gasteiger partial charge in [-0.2, -0.15) is 4.31 Å². The zero-order valence-electron chi connectivity index (χ0n) is 13.2. The van der Waals surface area contributed by atoms with Gasteiger partial charge < -0.3 is 9.80 Å². The van der Waals surface area contributed by atoms with Crippen LogP contribution in [0.3, 0.4) is 0 Å². The number of hydrogen-bond donors (Lipinski definition) is 1. The van der Waals surface area contributed by atoms with Crippen molar-refractivity contribution >= 4 is 15.9 Å². The van der Waals surface area contributed by atoms with Crippen LogP contribution in [0.1, 0.15) is 5.56 Å². The summed E-state index contributed by atoms with van der Waals surface area (Å²) < 4.78 is 25.2. The molecule has 0 saturated carbocycles. The molecule has 0 radical (unpaired) electrons. The van der Waals surface area contributed by atoms with Crippen molar-refractivity contribution in [2.45, 2.75) is 6.54 Å². The Hall–Kier alpha value is -1.44. The number of quaternary nitrogens is 1. The first-order valence-corrected chi connectivity index (χ1v) is 9.29. The Morgan fingerprint density at radius 3 is 2.36 bits per heavy atom. The predicted octanol–water partition coefficient (Wildman–Crippen LogP) is -1.19. The van der Waals surface area contributed by atoms with E-state index < -0.39 is 10.0 Å². The van der Waals surface area contributed by atoms with Crippen molar-refractivity contribution in [2.75, 3.05) is 46.0 Å². The number of hydrogen-bond acceptors (Lipinski definition) is 3. The van der Waals surface area contributed by atoms with Crippen molar-refractivity contribution in [3.8, 4) is 0 Å². The molecular weight excluding hydrogens is 302 g/mol. The lowest BCUT2D eigenvalue weighted by molar-refractivity contribution is -0.883. The highest BCUT2D eigenvalue weighted by atomic mass is 32.2. The van der Waals surface area contributed by atoms with E-state index in [1.807, 2.05) is 30.3 Å². The maximum Gasteiger partial charge on any atom is 0.238 e. The van der Waals surface area contributed by atoms with Gasteiger partial charge in [-0.1, -0.05) is 30.3 Å². The second-order valence-corrected chi connectivity index (χ2v) is 7.84. The van der Waals surface area contributed by atoms with Crippen molar-refractivity contribution < 1.29 is 18.1 Å². The molecule has 1 aromatic carbocycles. The Kier molecular flexibility index (Phi) is 5.55. The van der Waals surface area contributed by atoms with Crippen molar-refractivity contribution in [3.05, 3.63) is 35.9 Å². The van der Waals surface area contributed by atoms with E-state index >= 15 is 0 Å². The number of nitrogens with one attached hydrogen (secondary N) is 1. The number of carbonyl (C=O) groups excluding carboxylic acids is 1. The Balaban J connectivity index is 2.02. The van der Waals surface area contributed by atoms with E-state index in [4.69, 9.17) is 0 Å². The van der Waals surface area contributed by atoms with Gasteiger partial charge in [-0.05, 0) is 5.56 Å². The first-order chi connectivity index (χ1) is 10.4. The molecule has 6 nitrogen and oxygen atoms in total. The van der Waals surface area contributed by atoms with Gasteiger partial charge in [0, 0.05) is 6.54 Å². The lowest BCUT2D eigenvalue weighted by atomic mass is 10.2. The van der Waals surface area contributed by atoms with Crippen LogP contribution in [0, 0.1) is 0 Å². The van der Waals surface area contributed by atoms with E-state index in [9.17, 15) is 13.2 Å². The topological polar surface area (TPSA) is 62.1 Å². The third-order valence-electron chi connectivity index (χ3n) is 3.95. The van der Waals surface area contributed by atoms with Crippen LogP contribution in [-0.2, 0) is 21.4 Å². The van der Waals surface area contributed by atoms with Gasteiger partial charge >= 0.3 is 0 Å². The quantitative estimate of drug-likeness (QED) is 0.740. The summed E-state index contributed by atoms with van der Waals surface area (Å²) in [6, 6.07) is 9.33. The lowest BCUT2D eigenvalue weighted by Crippen LogP contribution is -3.12. The molecule has 2 rings (SSSR count). The SMILES string of the molecule is C[NH+]1CCN(C(=O)CN(Cc2ccccc2)S(C)(=O)=O)CC1. The van der Waals surface area contributed by atoms with Crippen LogP contribution < -0.4 is 4.90 Å². The van der Waals surface area contributed by atoms with Crippen LogP contribution in [0.25, 0.3) is 0 Å². The fraction of sp³-hybridized carbons (Fsp3) is 0.533. The number of rotatable bonds is 5. The summed E-state index contributed by atoms with van der Waals surface area (Å²) >= 11 is 0. The number of piperazine rings is 1. The van der Waals surface area contributed by atoms with Gasteiger partial charge in [0.2, 0.25) is 15.9 Å². The predicted molar refractivity (Wildman–Crippen MR) is 84.9 cm³/mol. The van der Waals surface area contributed by atoms with E-state index in [1.165, 1.54) is 9.21 Å². The summed E-state index contributed by atoms with van der Waals surface area (Å²) in [4.78, 5) is 15.5. The first kappa shape index (κ1) is 16.9. The molecule has 0 aromatic heterocycles. The minimum absolute atomic E-state index is 0.0905. The summed E-state index contributed by atoms with van der Waals surface area (Å²) in [5.74, 6) is -0.117. The van der Waals surface area contributed by atoms with E-state index in [0.29, 0.717) is 13.1 Å². The van der Waals surface area contributed by atoms with Gasteiger partial charge in [0.1, 0.15) is 0 Å². The summed E-state index contributed by atoms with van der Waals surface area (Å²) in [5, 5.41) is 0. The minimum atomic E-state index is -3.43. The summed E-state index contributed by atoms with van der Waals surface area (Å²) in [7, 11) is -1.33. The zero-order valence-corrected chi connectivity index (χ0v) is 14.0. The molecule has 0 unspecified atom stereocenters. The second-order valence-electron chi connectivity index (χ2n) is 5.85. The molecule has 122 valence electrons. The molecule has 0 spiro atoms. The van der Waals surface area contributed by atoms with Gasteiger partial charge in [0.15, 0.2) is 0 Å². The van der Waals surface area contributed by atoms with Crippen molar-refractivity contribution in [2.24, 2.45) is 0 Å². The molecule has 22 heavy (non-hydrogen) atoms. The first-order valence-electron chi connectivity index (χ1n) is 7.44. The smallest absolute Gasteiger partial charge is 0.238 e. The van der Waals surface area contributed by atoms with Crippen LogP contribution in [0.15, 0.2) is 30.3 Å². The maximum absolute atomic E-state index is 12.4. The molecule has 1 heterocycles. The molecule has 1 fully saturated rings. The molecule has 1 aromatic rings. The molecule has 0 bridgehead atoms. The number of carbonyl (C=O) groups is 1. The van der Waals surface area contributed by atoms with Gasteiger partial charge in [0.05, 0.1) is 46.0 Å². The highest BCUT2D eigenvalue weighted by molar-refractivity contribution is 7.88. The molecule has 1 saturated heterocycles. The Morgan fingerprint density at radius 1 is 1.23 bits per heavy atom. The fourth-order valence-corrected chi connectivity index (χ4v) is 3.19. The molecule has 1 aliphatic heterocycles. The third kappa shape index (κ3) is 4.79. The number of sulfonamides is 1. The number of amides is 1. The Bertz CT molecular complexity index is 596. The molecular formula is C15H24N3O3S+. The zero-order chi connectivity index (χ0) is 16.2. The molecule has 1 aliphatic rings. The van der Waals surface area contributed by atoms with Crippen molar-refractivity contribution in [3.63, 3.8) is 0 Å². The molecule has 1 N–H and O–H groups in total. The largest absolute Gasteiger partial charge is 0.334 e. The van der Waals surface area contributed by atoms with E-state index in [2.05, 4.69) is 7.05 Å². The fourth-order valence-electron chi connectivity index (χ4n) is 2.47. The van der Waals surface area contributed by atoms with Crippen molar-refractivity contribution in [1.29, 1.82) is 0 Å². The van der Waals surface area contributed by atoms with Crippen LogP contribution in [-0.4, -0.2) is 69.6 Å². The van der Waals surface area contributed by atoms with Gasteiger partial charge in [0.25, 0.3) is 0 Å². The molecule has 0 aliphatic carbocycles. The maximum atomic E-state index is 12.4. The summed E-state index contributed by atoms with van der Waals surface area (Å²) in [5.41, 5.74) is 0.878. The van der Waals surface area contributed by atoms with E-state index in [-0.39, 0.29) is 19.0 Å². The number of nitrogens with zero attached hydrogens (tertiary/aromatic N) is 2. The lowest BCUT2D eigenvalue weighted by Gasteiger charge is -2.31. The monoisotopic (exact) mass is 326 g/mol. The minimum Gasteiger partial charge on any atom is -0.334 e. The Labute approximate surface area is 132 Å². The van der Waals surface area contributed by atoms with Crippen LogP contribution in [0.2, 0.25) is 0 Å². The van der Waals surface area contributed by atoms with Crippen molar-refractivity contribution in [1.82, 2.24) is 9.21 Å². The number of likely N-dealkylation sites (N-methyl/N-ethyl adjacent to an activating group) is 1. The highest BCUT2D eigenvalue weighted by Crippen LogP contribution is 2.09. The molecule has 0 atom stereocenters. The summed E-state index contributed by atoms with van der Waals surface area (Å²) in [6.45, 7) is 3.32. The second kappa shape index (κ2) is 7.21. The number of benzene rings is 1. The molecule has 7 heteroatoms. The average molecular weight is 326 g/mol. The van der Waals surface area contributed by atoms with E-state index in [0.717, 1.165) is 24.9 Å². The van der Waals surface area contributed by atoms with Crippen LogP contribution in [0.5, 0.6) is 0 Å². The third-order valence-corrected chi connectivity index (χ3v) is 5.15. The van der Waals surface area contributed by atoms with Gasteiger partial charge in [-0.25, -0.2) is 8.42 Å². The Morgan fingerprint density at radius 2 is 1.82 bits per heavy atom. The highest BCUT2D eigenvalue weighted by Gasteiger charge is 2.26. The normalized spacial score (nSPS) is 17.0. The van der Waals surface area contributed by atoms with E-state index in [1.54, 1.807) is 4.90 Å². The average Bonchev–Trinajstić information content (AvgIpc) is 2.47. The van der Waals surface area contributed by atoms with Gasteiger partial charge in [-0.15, -0.1) is 0 Å². The molecule has 1 amide bonds. The van der Waals surface area contributed by atoms with Crippen LogP contribution in [0.4, 0.5) is 0 Å². The standard InChI is InChI=1S/C15H23N3O3S/c1-16-8-10-17(11-9-16)15(19)13-18(22(2,20)21)12-14-6-4-3-5-7-14/h3-7H,8-13H2,1-2H3/p+1. The van der Waals surface area contributed by atoms with Gasteiger partial charge in [-0.3, -0.25) is 4.79 Å².